The molecule has 1 aromatic rings. The van der Waals surface area contributed by atoms with Crippen LogP contribution in [-0.2, 0) is 4.79 Å². The Morgan fingerprint density at radius 2 is 2.00 bits per heavy atom. The Bertz CT molecular complexity index is 539. The average Bonchev–Trinajstić information content (AvgIpc) is 2.45. The predicted molar refractivity (Wildman–Crippen MR) is 78.7 cm³/mol. The molecule has 1 aromatic carbocycles. The number of nitro benzene ring substituents is 1. The van der Waals surface area contributed by atoms with Gasteiger partial charge in [-0.15, -0.1) is 0 Å². The van der Waals surface area contributed by atoms with Gasteiger partial charge in [-0.3, -0.25) is 19.8 Å². The summed E-state index contributed by atoms with van der Waals surface area (Å²) in [5.74, 6) is -0.775. The summed E-state index contributed by atoms with van der Waals surface area (Å²) in [5, 5.41) is 19.5. The van der Waals surface area contributed by atoms with Crippen LogP contribution in [0.3, 0.4) is 0 Å². The molecule has 0 radical (unpaired) electrons. The first-order valence-electron chi connectivity index (χ1n) is 6.91. The molecular weight excluding hydrogens is 274 g/mol. The van der Waals surface area contributed by atoms with Gasteiger partial charge in [0, 0.05) is 50.0 Å². The lowest BCUT2D eigenvalue weighted by molar-refractivity contribution is -0.385. The highest BCUT2D eigenvalue weighted by molar-refractivity contribution is 5.66. The lowest BCUT2D eigenvalue weighted by Gasteiger charge is -2.36. The minimum Gasteiger partial charge on any atom is -0.481 e. The normalized spacial score (nSPS) is 16.0. The van der Waals surface area contributed by atoms with Crippen LogP contribution in [0.1, 0.15) is 12.0 Å². The van der Waals surface area contributed by atoms with Crippen molar-refractivity contribution in [2.24, 2.45) is 0 Å². The van der Waals surface area contributed by atoms with E-state index in [9.17, 15) is 14.9 Å². The van der Waals surface area contributed by atoms with Crippen LogP contribution in [0.5, 0.6) is 0 Å². The van der Waals surface area contributed by atoms with Crippen molar-refractivity contribution in [3.63, 3.8) is 0 Å². The number of carboxylic acids is 1. The molecule has 1 aliphatic heterocycles. The smallest absolute Gasteiger partial charge is 0.304 e. The summed E-state index contributed by atoms with van der Waals surface area (Å²) in [6.07, 6.45) is 0.163. The summed E-state index contributed by atoms with van der Waals surface area (Å²) >= 11 is 0. The van der Waals surface area contributed by atoms with Crippen LogP contribution in [0.4, 0.5) is 11.4 Å². The van der Waals surface area contributed by atoms with E-state index in [0.29, 0.717) is 12.1 Å². The minimum atomic E-state index is -0.775. The third-order valence-corrected chi connectivity index (χ3v) is 3.76. The summed E-state index contributed by atoms with van der Waals surface area (Å²) in [7, 11) is 0. The molecule has 0 bridgehead atoms. The molecule has 1 fully saturated rings. The number of anilines is 1. The lowest BCUT2D eigenvalue weighted by Crippen LogP contribution is -2.46. The first kappa shape index (κ1) is 15.2. The van der Waals surface area contributed by atoms with Crippen LogP contribution in [0.2, 0.25) is 0 Å². The third-order valence-electron chi connectivity index (χ3n) is 3.76. The highest BCUT2D eigenvalue weighted by Crippen LogP contribution is 2.25. The molecule has 0 aromatic heterocycles. The van der Waals surface area contributed by atoms with Gasteiger partial charge in [-0.25, -0.2) is 0 Å². The number of rotatable bonds is 5. The van der Waals surface area contributed by atoms with E-state index in [1.54, 1.807) is 19.1 Å². The molecule has 7 heteroatoms. The molecule has 1 heterocycles. The molecule has 114 valence electrons. The molecule has 1 aliphatic rings. The Labute approximate surface area is 122 Å². The molecule has 2 rings (SSSR count). The topological polar surface area (TPSA) is 86.9 Å². The maximum absolute atomic E-state index is 10.8. The Morgan fingerprint density at radius 1 is 1.33 bits per heavy atom. The number of nitrogens with zero attached hydrogens (tertiary/aromatic N) is 3. The number of hydrogen-bond donors (Lipinski definition) is 1. The highest BCUT2D eigenvalue weighted by Gasteiger charge is 2.19. The molecule has 0 aliphatic carbocycles. The maximum atomic E-state index is 10.8. The summed E-state index contributed by atoms with van der Waals surface area (Å²) in [6, 6.07) is 5.16. The van der Waals surface area contributed by atoms with Crippen molar-refractivity contribution in [3.05, 3.63) is 33.9 Å². The van der Waals surface area contributed by atoms with Gasteiger partial charge in [-0.2, -0.15) is 0 Å². The molecule has 21 heavy (non-hydrogen) atoms. The molecule has 0 atom stereocenters. The van der Waals surface area contributed by atoms with E-state index in [-0.39, 0.29) is 17.0 Å². The molecular formula is C14H19N3O4. The van der Waals surface area contributed by atoms with Crippen molar-refractivity contribution in [2.45, 2.75) is 13.3 Å². The lowest BCUT2D eigenvalue weighted by atomic mass is 10.1. The van der Waals surface area contributed by atoms with Gasteiger partial charge in [-0.05, 0) is 19.1 Å². The highest BCUT2D eigenvalue weighted by atomic mass is 16.6. The van der Waals surface area contributed by atoms with Gasteiger partial charge in [0.15, 0.2) is 0 Å². The van der Waals surface area contributed by atoms with Crippen LogP contribution in [0.15, 0.2) is 18.2 Å². The zero-order valence-electron chi connectivity index (χ0n) is 12.0. The quantitative estimate of drug-likeness (QED) is 0.654. The van der Waals surface area contributed by atoms with Crippen molar-refractivity contribution in [3.8, 4) is 0 Å². The predicted octanol–water partition coefficient (Wildman–Crippen LogP) is 1.50. The van der Waals surface area contributed by atoms with E-state index >= 15 is 0 Å². The summed E-state index contributed by atoms with van der Waals surface area (Å²) < 4.78 is 0. The molecule has 0 amide bonds. The number of piperazine rings is 1. The van der Waals surface area contributed by atoms with Gasteiger partial charge in [0.05, 0.1) is 11.3 Å². The van der Waals surface area contributed by atoms with Crippen LogP contribution in [0.25, 0.3) is 0 Å². The first-order chi connectivity index (χ1) is 9.97. The van der Waals surface area contributed by atoms with E-state index in [4.69, 9.17) is 5.11 Å². The summed E-state index contributed by atoms with van der Waals surface area (Å²) in [5.41, 5.74) is 1.78. The van der Waals surface area contributed by atoms with Gasteiger partial charge < -0.3 is 10.0 Å². The van der Waals surface area contributed by atoms with Crippen molar-refractivity contribution in [1.29, 1.82) is 0 Å². The number of carbonyl (C=O) groups is 1. The SMILES string of the molecule is Cc1cc(N2CCN(CCC(=O)O)CC2)ccc1[N+](=O)[O-]. The van der Waals surface area contributed by atoms with E-state index in [2.05, 4.69) is 9.80 Å². The second-order valence-corrected chi connectivity index (χ2v) is 5.20. The van der Waals surface area contributed by atoms with Crippen LogP contribution < -0.4 is 4.90 Å². The van der Waals surface area contributed by atoms with Crippen LogP contribution in [-0.4, -0.2) is 53.6 Å². The Kier molecular flexibility index (Phi) is 4.74. The Hall–Kier alpha value is -2.15. The fraction of sp³-hybridized carbons (Fsp3) is 0.500. The van der Waals surface area contributed by atoms with Gasteiger partial charge in [0.1, 0.15) is 0 Å². The standard InChI is InChI=1S/C14H19N3O4/c1-11-10-12(2-3-13(11)17(20)21)16-8-6-15(7-9-16)5-4-14(18)19/h2-3,10H,4-9H2,1H3,(H,18,19). The molecule has 0 unspecified atom stereocenters. The number of benzene rings is 1. The van der Waals surface area contributed by atoms with E-state index in [1.807, 2.05) is 6.07 Å². The number of carboxylic acid groups (broad SMARTS) is 1. The Balaban J connectivity index is 1.94. The number of aliphatic carboxylic acids is 1. The zero-order chi connectivity index (χ0) is 15.4. The molecule has 0 saturated carbocycles. The molecule has 0 spiro atoms. The number of aryl methyl sites for hydroxylation is 1. The second-order valence-electron chi connectivity index (χ2n) is 5.20. The second kappa shape index (κ2) is 6.53. The van der Waals surface area contributed by atoms with Crippen molar-refractivity contribution in [2.75, 3.05) is 37.6 Å². The van der Waals surface area contributed by atoms with Gasteiger partial charge in [0.2, 0.25) is 0 Å². The summed E-state index contributed by atoms with van der Waals surface area (Å²) in [4.78, 5) is 25.3. The molecule has 1 saturated heterocycles. The minimum absolute atomic E-state index is 0.138. The van der Waals surface area contributed by atoms with Crippen LogP contribution >= 0.6 is 0 Å². The molecule has 1 N–H and O–H groups in total. The van der Waals surface area contributed by atoms with Gasteiger partial charge in [0.25, 0.3) is 5.69 Å². The van der Waals surface area contributed by atoms with Gasteiger partial charge in [-0.1, -0.05) is 0 Å². The average molecular weight is 293 g/mol. The van der Waals surface area contributed by atoms with E-state index in [1.165, 1.54) is 0 Å². The molecule has 7 nitrogen and oxygen atoms in total. The largest absolute Gasteiger partial charge is 0.481 e. The maximum Gasteiger partial charge on any atom is 0.304 e. The fourth-order valence-electron chi connectivity index (χ4n) is 2.52. The third kappa shape index (κ3) is 3.91. The number of hydrogen-bond acceptors (Lipinski definition) is 5. The van der Waals surface area contributed by atoms with Crippen molar-refractivity contribution < 1.29 is 14.8 Å². The van der Waals surface area contributed by atoms with Crippen molar-refractivity contribution in [1.82, 2.24) is 4.90 Å². The monoisotopic (exact) mass is 293 g/mol. The summed E-state index contributed by atoms with van der Waals surface area (Å²) in [6.45, 7) is 5.54. The first-order valence-corrected chi connectivity index (χ1v) is 6.91. The van der Waals surface area contributed by atoms with E-state index in [0.717, 1.165) is 31.9 Å². The zero-order valence-corrected chi connectivity index (χ0v) is 12.0. The van der Waals surface area contributed by atoms with Crippen LogP contribution in [0, 0.1) is 17.0 Å². The van der Waals surface area contributed by atoms with Crippen molar-refractivity contribution >= 4 is 17.3 Å². The Morgan fingerprint density at radius 3 is 2.52 bits per heavy atom. The fourth-order valence-corrected chi connectivity index (χ4v) is 2.52. The number of nitro groups is 1. The van der Waals surface area contributed by atoms with E-state index < -0.39 is 5.97 Å². The van der Waals surface area contributed by atoms with Gasteiger partial charge >= 0.3 is 5.97 Å².